The highest BCUT2D eigenvalue weighted by atomic mass is 16.5. The maximum Gasteiger partial charge on any atom is 0.258 e. The van der Waals surface area contributed by atoms with Crippen LogP contribution in [0.5, 0.6) is 5.75 Å². The van der Waals surface area contributed by atoms with Gasteiger partial charge in [-0.05, 0) is 56.8 Å². The van der Waals surface area contributed by atoms with Crippen molar-refractivity contribution >= 4 is 17.7 Å². The Bertz CT molecular complexity index is 780. The van der Waals surface area contributed by atoms with Gasteiger partial charge in [-0.15, -0.1) is 0 Å². The maximum absolute atomic E-state index is 6.08. The van der Waals surface area contributed by atoms with Gasteiger partial charge in [-0.3, -0.25) is 0 Å². The second-order valence-corrected chi connectivity index (χ2v) is 6.41. The van der Waals surface area contributed by atoms with E-state index in [2.05, 4.69) is 24.0 Å². The van der Waals surface area contributed by atoms with E-state index in [4.69, 9.17) is 9.47 Å². The van der Waals surface area contributed by atoms with Crippen molar-refractivity contribution in [1.82, 2.24) is 4.90 Å². The van der Waals surface area contributed by atoms with Gasteiger partial charge in [-0.1, -0.05) is 36.4 Å². The highest BCUT2D eigenvalue weighted by Gasteiger charge is 2.20. The van der Waals surface area contributed by atoms with Gasteiger partial charge in [0.25, 0.3) is 5.90 Å². The van der Waals surface area contributed by atoms with Crippen LogP contribution in [0, 0.1) is 6.92 Å². The van der Waals surface area contributed by atoms with E-state index in [-0.39, 0.29) is 0 Å². The van der Waals surface area contributed by atoms with E-state index in [1.54, 1.807) is 0 Å². The van der Waals surface area contributed by atoms with Gasteiger partial charge in [-0.25, -0.2) is 4.99 Å². The first-order valence-corrected chi connectivity index (χ1v) is 8.53. The number of ether oxygens (including phenoxy) is 2. The summed E-state index contributed by atoms with van der Waals surface area (Å²) < 4.78 is 12.0. The Hall–Kier alpha value is -2.59. The molecule has 0 aromatic heterocycles. The van der Waals surface area contributed by atoms with E-state index in [1.807, 2.05) is 61.5 Å². The molecule has 25 heavy (non-hydrogen) atoms. The second kappa shape index (κ2) is 7.99. The molecule has 0 fully saturated rings. The zero-order valence-electron chi connectivity index (χ0n) is 15.0. The second-order valence-electron chi connectivity index (χ2n) is 6.41. The number of rotatable bonds is 5. The first kappa shape index (κ1) is 17.2. The first-order valence-electron chi connectivity index (χ1n) is 8.53. The summed E-state index contributed by atoms with van der Waals surface area (Å²) in [5, 5.41) is 0. The highest BCUT2D eigenvalue weighted by Crippen LogP contribution is 2.35. The smallest absolute Gasteiger partial charge is 0.258 e. The average molecular weight is 336 g/mol. The number of aryl methyl sites for hydroxylation is 1. The van der Waals surface area contributed by atoms with E-state index in [9.17, 15) is 0 Å². The molecule has 0 spiro atoms. The lowest BCUT2D eigenvalue weighted by atomic mass is 10.1. The fourth-order valence-corrected chi connectivity index (χ4v) is 2.57. The summed E-state index contributed by atoms with van der Waals surface area (Å²) in [6, 6.07) is 16.1. The van der Waals surface area contributed by atoms with Gasteiger partial charge in [0.15, 0.2) is 11.5 Å². The Morgan fingerprint density at radius 3 is 2.68 bits per heavy atom. The average Bonchev–Trinajstić information content (AvgIpc) is 2.60. The SMILES string of the molecule is Cc1ccc2c(c1)N=C(OCCCN(C)C)C(=Cc1ccccc1)O2. The van der Waals surface area contributed by atoms with Crippen molar-refractivity contribution in [3.8, 4) is 5.75 Å². The molecule has 2 aromatic carbocycles. The Morgan fingerprint density at radius 2 is 1.92 bits per heavy atom. The standard InChI is InChI=1S/C21H24N2O2/c1-16-10-11-19-18(14-16)22-21(24-13-7-12-23(2)3)20(25-19)15-17-8-5-4-6-9-17/h4-6,8-11,14-15H,7,12-13H2,1-3H3. The van der Waals surface area contributed by atoms with Gasteiger partial charge < -0.3 is 14.4 Å². The van der Waals surface area contributed by atoms with Crippen molar-refractivity contribution in [2.45, 2.75) is 13.3 Å². The molecule has 0 aliphatic carbocycles. The molecule has 0 bridgehead atoms. The minimum absolute atomic E-state index is 0.542. The summed E-state index contributed by atoms with van der Waals surface area (Å²) >= 11 is 0. The zero-order chi connectivity index (χ0) is 17.6. The van der Waals surface area contributed by atoms with Crippen molar-refractivity contribution in [3.05, 3.63) is 65.4 Å². The van der Waals surface area contributed by atoms with Gasteiger partial charge in [0.1, 0.15) is 5.69 Å². The van der Waals surface area contributed by atoms with Gasteiger partial charge in [-0.2, -0.15) is 0 Å². The minimum Gasteiger partial charge on any atom is -0.475 e. The third-order valence-electron chi connectivity index (χ3n) is 3.85. The molecule has 0 unspecified atom stereocenters. The number of fused-ring (bicyclic) bond motifs is 1. The lowest BCUT2D eigenvalue weighted by Gasteiger charge is -2.20. The van der Waals surface area contributed by atoms with E-state index in [0.29, 0.717) is 18.3 Å². The van der Waals surface area contributed by atoms with Crippen molar-refractivity contribution in [2.75, 3.05) is 27.2 Å². The number of hydrogen-bond donors (Lipinski definition) is 0. The topological polar surface area (TPSA) is 34.1 Å². The van der Waals surface area contributed by atoms with Crippen LogP contribution in [0.1, 0.15) is 17.5 Å². The largest absolute Gasteiger partial charge is 0.475 e. The molecule has 130 valence electrons. The lowest BCUT2D eigenvalue weighted by molar-refractivity contribution is 0.259. The number of aliphatic imine (C=N–C) groups is 1. The molecule has 4 nitrogen and oxygen atoms in total. The molecule has 0 N–H and O–H groups in total. The third kappa shape index (κ3) is 4.70. The van der Waals surface area contributed by atoms with Crippen molar-refractivity contribution in [3.63, 3.8) is 0 Å². The molecule has 2 aromatic rings. The fraction of sp³-hybridized carbons (Fsp3) is 0.286. The molecule has 4 heteroatoms. The molecule has 0 saturated carbocycles. The molecular weight excluding hydrogens is 312 g/mol. The Labute approximate surface area is 149 Å². The van der Waals surface area contributed by atoms with E-state index in [1.165, 1.54) is 0 Å². The number of benzene rings is 2. The number of nitrogens with zero attached hydrogens (tertiary/aromatic N) is 2. The molecule has 0 atom stereocenters. The van der Waals surface area contributed by atoms with Gasteiger partial charge in [0.05, 0.1) is 6.61 Å². The van der Waals surface area contributed by atoms with Crippen LogP contribution in [-0.4, -0.2) is 38.0 Å². The van der Waals surface area contributed by atoms with Crippen LogP contribution in [0.3, 0.4) is 0 Å². The van der Waals surface area contributed by atoms with Crippen molar-refractivity contribution < 1.29 is 9.47 Å². The molecule has 0 saturated heterocycles. The maximum atomic E-state index is 6.08. The van der Waals surface area contributed by atoms with Gasteiger partial charge in [0, 0.05) is 6.54 Å². The normalized spacial score (nSPS) is 14.9. The summed E-state index contributed by atoms with van der Waals surface area (Å²) in [5.41, 5.74) is 3.01. The fourth-order valence-electron chi connectivity index (χ4n) is 2.57. The van der Waals surface area contributed by atoms with Crippen LogP contribution < -0.4 is 4.74 Å². The van der Waals surface area contributed by atoms with E-state index < -0.39 is 0 Å². The molecule has 3 rings (SSSR count). The minimum atomic E-state index is 0.542. The summed E-state index contributed by atoms with van der Waals surface area (Å²) in [4.78, 5) is 6.83. The molecule has 1 aliphatic rings. The van der Waals surface area contributed by atoms with E-state index in [0.717, 1.165) is 35.5 Å². The predicted molar refractivity (Wildman–Crippen MR) is 102 cm³/mol. The summed E-state index contributed by atoms with van der Waals surface area (Å²) in [5.74, 6) is 1.95. The van der Waals surface area contributed by atoms with Crippen LogP contribution in [-0.2, 0) is 4.74 Å². The molecule has 1 aliphatic heterocycles. The van der Waals surface area contributed by atoms with Gasteiger partial charge in [0.2, 0.25) is 0 Å². The Kier molecular flexibility index (Phi) is 5.51. The van der Waals surface area contributed by atoms with Crippen LogP contribution >= 0.6 is 0 Å². The zero-order valence-corrected chi connectivity index (χ0v) is 15.0. The molecule has 1 heterocycles. The van der Waals surface area contributed by atoms with Crippen molar-refractivity contribution in [2.24, 2.45) is 4.99 Å². The van der Waals surface area contributed by atoms with Crippen LogP contribution in [0.4, 0.5) is 5.69 Å². The Morgan fingerprint density at radius 1 is 1.12 bits per heavy atom. The van der Waals surface area contributed by atoms with Crippen LogP contribution in [0.15, 0.2) is 59.3 Å². The molecule has 0 radical (unpaired) electrons. The first-order chi connectivity index (χ1) is 12.1. The highest BCUT2D eigenvalue weighted by molar-refractivity contribution is 6.00. The summed E-state index contributed by atoms with van der Waals surface area (Å²) in [6.45, 7) is 3.62. The number of hydrogen-bond acceptors (Lipinski definition) is 4. The third-order valence-corrected chi connectivity index (χ3v) is 3.85. The van der Waals surface area contributed by atoms with Crippen LogP contribution in [0.25, 0.3) is 6.08 Å². The Balaban J connectivity index is 1.85. The summed E-state index contributed by atoms with van der Waals surface area (Å²) in [7, 11) is 4.11. The lowest BCUT2D eigenvalue weighted by Crippen LogP contribution is -2.20. The quantitative estimate of drug-likeness (QED) is 0.758. The van der Waals surface area contributed by atoms with Crippen molar-refractivity contribution in [1.29, 1.82) is 0 Å². The van der Waals surface area contributed by atoms with Gasteiger partial charge >= 0.3 is 0 Å². The van der Waals surface area contributed by atoms with E-state index >= 15 is 0 Å². The molecular formula is C21H24N2O2. The summed E-state index contributed by atoms with van der Waals surface area (Å²) in [6.07, 6.45) is 2.90. The van der Waals surface area contributed by atoms with Crippen LogP contribution in [0.2, 0.25) is 0 Å². The molecule has 0 amide bonds. The monoisotopic (exact) mass is 336 g/mol. The predicted octanol–water partition coefficient (Wildman–Crippen LogP) is 4.43.